The van der Waals surface area contributed by atoms with Gasteiger partial charge in [0.25, 0.3) is 0 Å². The minimum atomic E-state index is -0.163. The van der Waals surface area contributed by atoms with Gasteiger partial charge in [0.15, 0.2) is 0 Å². The number of carbonyl (C=O) groups is 1. The Morgan fingerprint density at radius 2 is 1.97 bits per heavy atom. The van der Waals surface area contributed by atoms with Gasteiger partial charge in [-0.15, -0.1) is 0 Å². The summed E-state index contributed by atoms with van der Waals surface area (Å²) in [5.41, 5.74) is 3.80. The lowest BCUT2D eigenvalue weighted by molar-refractivity contribution is -0.149. The van der Waals surface area contributed by atoms with Gasteiger partial charge in [0, 0.05) is 18.1 Å². The maximum Gasteiger partial charge on any atom is 0.310 e. The molecule has 0 spiro atoms. The summed E-state index contributed by atoms with van der Waals surface area (Å²) in [4.78, 5) is 16.5. The summed E-state index contributed by atoms with van der Waals surface area (Å²) in [5, 5.41) is 4.31. The minimum Gasteiger partial charge on any atom is -0.497 e. The molecule has 1 N–H and O–H groups in total. The lowest BCUT2D eigenvalue weighted by Crippen LogP contribution is -2.35. The fourth-order valence-corrected chi connectivity index (χ4v) is 4.57. The van der Waals surface area contributed by atoms with Gasteiger partial charge in [0.05, 0.1) is 25.2 Å². The van der Waals surface area contributed by atoms with Crippen molar-refractivity contribution in [2.75, 3.05) is 26.8 Å². The quantitative estimate of drug-likeness (QED) is 0.337. The molecule has 1 aliphatic heterocycles. The Morgan fingerprint density at radius 1 is 1.09 bits per heavy atom. The van der Waals surface area contributed by atoms with E-state index in [4.69, 9.17) is 9.47 Å². The van der Waals surface area contributed by atoms with E-state index in [2.05, 4.69) is 10.3 Å². The van der Waals surface area contributed by atoms with Crippen LogP contribution in [0.25, 0.3) is 10.9 Å². The van der Waals surface area contributed by atoms with Crippen LogP contribution in [0, 0.1) is 11.7 Å². The lowest BCUT2D eigenvalue weighted by Gasteiger charge is -2.21. The van der Waals surface area contributed by atoms with Crippen LogP contribution in [0.4, 0.5) is 4.39 Å². The number of fused-ring (bicyclic) bond motifs is 1. The molecular formula is C28H33FN2O3. The highest BCUT2D eigenvalue weighted by Gasteiger charge is 2.21. The number of nitrogens with one attached hydrogen (secondary N) is 1. The lowest BCUT2D eigenvalue weighted by atomic mass is 9.99. The normalized spacial score (nSPS) is 15.9. The number of rotatable bonds is 10. The van der Waals surface area contributed by atoms with Gasteiger partial charge < -0.3 is 14.8 Å². The van der Waals surface area contributed by atoms with Crippen molar-refractivity contribution in [1.82, 2.24) is 10.3 Å². The van der Waals surface area contributed by atoms with Crippen LogP contribution in [-0.4, -0.2) is 37.8 Å². The van der Waals surface area contributed by atoms with Crippen LogP contribution in [-0.2, 0) is 28.8 Å². The molecule has 0 amide bonds. The van der Waals surface area contributed by atoms with Crippen LogP contribution in [0.3, 0.4) is 0 Å². The topological polar surface area (TPSA) is 60.5 Å². The Balaban J connectivity index is 1.24. The molecule has 6 heteroatoms. The number of benzene rings is 2. The van der Waals surface area contributed by atoms with Crippen molar-refractivity contribution >= 4 is 16.9 Å². The Bertz CT molecular complexity index is 1110. The maximum atomic E-state index is 14.7. The molecule has 3 aromatic rings. The van der Waals surface area contributed by atoms with Crippen molar-refractivity contribution < 1.29 is 18.7 Å². The number of hydrogen-bond donors (Lipinski definition) is 1. The average molecular weight is 465 g/mol. The van der Waals surface area contributed by atoms with Gasteiger partial charge in [-0.1, -0.05) is 12.1 Å². The second-order valence-electron chi connectivity index (χ2n) is 8.95. The number of ether oxygens (including phenoxy) is 2. The molecule has 1 atom stereocenters. The zero-order chi connectivity index (χ0) is 23.8. The third-order valence-corrected chi connectivity index (χ3v) is 6.53. The van der Waals surface area contributed by atoms with E-state index in [0.717, 1.165) is 60.0 Å². The summed E-state index contributed by atoms with van der Waals surface area (Å²) in [6.45, 7) is 2.06. The molecule has 1 aromatic heterocycles. The Morgan fingerprint density at radius 3 is 2.76 bits per heavy atom. The van der Waals surface area contributed by atoms with E-state index < -0.39 is 0 Å². The summed E-state index contributed by atoms with van der Waals surface area (Å²) in [6, 6.07) is 13.4. The van der Waals surface area contributed by atoms with Crippen molar-refractivity contribution in [2.24, 2.45) is 5.92 Å². The highest BCUT2D eigenvalue weighted by atomic mass is 19.1. The first-order valence-electron chi connectivity index (χ1n) is 12.2. The average Bonchev–Trinajstić information content (AvgIpc) is 2.88. The number of aromatic nitrogens is 1. The Kier molecular flexibility index (Phi) is 8.47. The predicted molar refractivity (Wildman–Crippen MR) is 132 cm³/mol. The molecule has 5 nitrogen and oxygen atoms in total. The van der Waals surface area contributed by atoms with Crippen molar-refractivity contribution in [3.8, 4) is 5.75 Å². The van der Waals surface area contributed by atoms with Crippen LogP contribution >= 0.6 is 0 Å². The summed E-state index contributed by atoms with van der Waals surface area (Å²) < 4.78 is 25.4. The Labute approximate surface area is 200 Å². The molecule has 0 unspecified atom stereocenters. The number of hydrogen-bond acceptors (Lipinski definition) is 5. The largest absolute Gasteiger partial charge is 0.497 e. The predicted octanol–water partition coefficient (Wildman–Crippen LogP) is 5.03. The Hall–Kier alpha value is -2.99. The van der Waals surface area contributed by atoms with Crippen molar-refractivity contribution in [2.45, 2.75) is 44.9 Å². The first-order chi connectivity index (χ1) is 16.6. The van der Waals surface area contributed by atoms with E-state index in [1.54, 1.807) is 13.2 Å². The second kappa shape index (κ2) is 11.9. The summed E-state index contributed by atoms with van der Waals surface area (Å²) in [5.74, 6) is 0.500. The highest BCUT2D eigenvalue weighted by Crippen LogP contribution is 2.24. The van der Waals surface area contributed by atoms with E-state index in [1.165, 1.54) is 5.56 Å². The monoisotopic (exact) mass is 464 g/mol. The molecule has 0 radical (unpaired) electrons. The molecule has 180 valence electrons. The van der Waals surface area contributed by atoms with E-state index in [0.29, 0.717) is 32.4 Å². The van der Waals surface area contributed by atoms with Gasteiger partial charge in [0.1, 0.15) is 11.6 Å². The number of nitrogens with zero attached hydrogens (tertiary/aromatic N) is 1. The highest BCUT2D eigenvalue weighted by molar-refractivity contribution is 5.83. The van der Waals surface area contributed by atoms with Gasteiger partial charge in [0.2, 0.25) is 0 Å². The number of carbonyl (C=O) groups excluding carboxylic acids is 1. The van der Waals surface area contributed by atoms with Gasteiger partial charge in [-0.05, 0) is 98.5 Å². The van der Waals surface area contributed by atoms with E-state index >= 15 is 0 Å². The van der Waals surface area contributed by atoms with Crippen LogP contribution in [0.5, 0.6) is 5.75 Å². The van der Waals surface area contributed by atoms with Crippen molar-refractivity contribution in [3.63, 3.8) is 0 Å². The number of esters is 1. The van der Waals surface area contributed by atoms with E-state index in [-0.39, 0.29) is 17.7 Å². The zero-order valence-electron chi connectivity index (χ0n) is 19.8. The molecule has 1 fully saturated rings. The molecule has 0 aliphatic carbocycles. The van der Waals surface area contributed by atoms with E-state index in [1.807, 2.05) is 42.6 Å². The van der Waals surface area contributed by atoms with Gasteiger partial charge in [-0.2, -0.15) is 0 Å². The van der Waals surface area contributed by atoms with Gasteiger partial charge >= 0.3 is 5.97 Å². The number of piperidine rings is 1. The van der Waals surface area contributed by atoms with Crippen molar-refractivity contribution in [1.29, 1.82) is 0 Å². The van der Waals surface area contributed by atoms with Crippen LogP contribution in [0.2, 0.25) is 0 Å². The van der Waals surface area contributed by atoms with Crippen LogP contribution < -0.4 is 10.1 Å². The maximum absolute atomic E-state index is 14.7. The fraction of sp³-hybridized carbons (Fsp3) is 0.429. The molecule has 0 bridgehead atoms. The zero-order valence-corrected chi connectivity index (χ0v) is 19.8. The fourth-order valence-electron chi connectivity index (χ4n) is 4.57. The number of aryl methyl sites for hydroxylation is 3. The summed E-state index contributed by atoms with van der Waals surface area (Å²) in [7, 11) is 1.66. The van der Waals surface area contributed by atoms with Crippen LogP contribution in [0.15, 0.2) is 48.7 Å². The first kappa shape index (κ1) is 24.1. The molecule has 2 aromatic carbocycles. The number of pyridine rings is 1. The number of halogens is 1. The third-order valence-electron chi connectivity index (χ3n) is 6.53. The molecule has 1 saturated heterocycles. The third kappa shape index (κ3) is 6.32. The number of methoxy groups -OCH3 is 1. The van der Waals surface area contributed by atoms with Gasteiger partial charge in [-0.25, -0.2) is 4.39 Å². The van der Waals surface area contributed by atoms with Gasteiger partial charge in [-0.3, -0.25) is 9.78 Å². The SMILES string of the molecule is COc1ccc2nccc(CCCc3ccc(CCCOC(=O)[C@@H]4CCCNC4)cc3F)c2c1. The van der Waals surface area contributed by atoms with Crippen LogP contribution in [0.1, 0.15) is 42.4 Å². The van der Waals surface area contributed by atoms with Crippen molar-refractivity contribution in [3.05, 3.63) is 71.2 Å². The first-order valence-corrected chi connectivity index (χ1v) is 12.2. The molecular weight excluding hydrogens is 431 g/mol. The molecule has 34 heavy (non-hydrogen) atoms. The van der Waals surface area contributed by atoms with E-state index in [9.17, 15) is 9.18 Å². The molecule has 0 saturated carbocycles. The summed E-state index contributed by atoms with van der Waals surface area (Å²) >= 11 is 0. The standard InChI is InChI=1S/C28H33FN2O3/c1-33-24-11-12-27-25(18-24)21(13-15-31-27)6-2-7-22-10-9-20(17-26(22)29)5-4-16-34-28(32)23-8-3-14-30-19-23/h9-13,15,17-18,23,30H,2-8,14,16,19H2,1H3/t23-/m1/s1. The molecule has 4 rings (SSSR count). The molecule has 1 aliphatic rings. The molecule has 2 heterocycles. The minimum absolute atomic E-state index is 0.0300. The smallest absolute Gasteiger partial charge is 0.310 e. The summed E-state index contributed by atoms with van der Waals surface area (Å²) in [6.07, 6.45) is 7.48. The second-order valence-corrected chi connectivity index (χ2v) is 8.95.